The summed E-state index contributed by atoms with van der Waals surface area (Å²) in [5, 5.41) is 8.34. The van der Waals surface area contributed by atoms with Gasteiger partial charge in [-0.05, 0) is 30.3 Å². The zero-order valence-electron chi connectivity index (χ0n) is 18.1. The molecule has 0 saturated heterocycles. The van der Waals surface area contributed by atoms with Crippen LogP contribution in [0.5, 0.6) is 0 Å². The summed E-state index contributed by atoms with van der Waals surface area (Å²) in [7, 11) is 1.93. The molecule has 5 aromatic rings. The van der Waals surface area contributed by atoms with E-state index in [1.807, 2.05) is 60.5 Å². The van der Waals surface area contributed by atoms with Crippen LogP contribution in [0, 0.1) is 0 Å². The Morgan fingerprint density at radius 3 is 2.03 bits per heavy atom. The molecule has 0 bridgehead atoms. The Balaban J connectivity index is 1.30. The van der Waals surface area contributed by atoms with Gasteiger partial charge in [0, 0.05) is 18.0 Å². The lowest BCUT2D eigenvalue weighted by atomic mass is 9.91. The fourth-order valence-corrected chi connectivity index (χ4v) is 3.68. The van der Waals surface area contributed by atoms with Gasteiger partial charge in [0.1, 0.15) is 0 Å². The standard InChI is InChI=1S/C25H22N6O2/c1-31(16-21-27-24(29-32-21)20-13-8-14-26-15-20)17-22-28-25(30-33-22)23(18-9-4-2-5-10-18)19-11-6-3-7-12-19/h2-15,23H,16-17H2,1H3. The summed E-state index contributed by atoms with van der Waals surface area (Å²) >= 11 is 0. The molecule has 0 unspecified atom stereocenters. The maximum Gasteiger partial charge on any atom is 0.241 e. The Kier molecular flexibility index (Phi) is 5.99. The predicted molar refractivity (Wildman–Crippen MR) is 121 cm³/mol. The number of pyridine rings is 1. The smallest absolute Gasteiger partial charge is 0.241 e. The van der Waals surface area contributed by atoms with Gasteiger partial charge in [0.2, 0.25) is 17.6 Å². The molecule has 2 aromatic carbocycles. The van der Waals surface area contributed by atoms with Gasteiger partial charge in [0.25, 0.3) is 0 Å². The van der Waals surface area contributed by atoms with Gasteiger partial charge < -0.3 is 9.05 Å². The van der Waals surface area contributed by atoms with Gasteiger partial charge in [-0.1, -0.05) is 71.0 Å². The topological polar surface area (TPSA) is 94.0 Å². The van der Waals surface area contributed by atoms with Crippen LogP contribution in [0.3, 0.4) is 0 Å². The molecule has 0 amide bonds. The quantitative estimate of drug-likeness (QED) is 0.353. The van der Waals surface area contributed by atoms with Crippen LogP contribution in [-0.4, -0.2) is 37.2 Å². The van der Waals surface area contributed by atoms with Crippen LogP contribution < -0.4 is 0 Å². The highest BCUT2D eigenvalue weighted by atomic mass is 16.5. The molecule has 8 nitrogen and oxygen atoms in total. The number of hydrogen-bond acceptors (Lipinski definition) is 8. The van der Waals surface area contributed by atoms with Crippen LogP contribution in [-0.2, 0) is 13.1 Å². The first kappa shape index (κ1) is 20.7. The van der Waals surface area contributed by atoms with E-state index in [1.54, 1.807) is 12.4 Å². The number of hydrogen-bond donors (Lipinski definition) is 0. The SMILES string of the molecule is CN(Cc1nc(-c2cccnc2)no1)Cc1nc(C(c2ccccc2)c2ccccc2)no1. The molecular formula is C25H22N6O2. The van der Waals surface area contributed by atoms with Gasteiger partial charge in [-0.15, -0.1) is 0 Å². The van der Waals surface area contributed by atoms with Crippen molar-refractivity contribution in [3.8, 4) is 11.4 Å². The van der Waals surface area contributed by atoms with Crippen LogP contribution >= 0.6 is 0 Å². The predicted octanol–water partition coefficient (Wildman–Crippen LogP) is 4.33. The van der Waals surface area contributed by atoms with E-state index in [9.17, 15) is 0 Å². The first-order valence-electron chi connectivity index (χ1n) is 10.6. The van der Waals surface area contributed by atoms with Crippen molar-refractivity contribution in [2.24, 2.45) is 0 Å². The van der Waals surface area contributed by atoms with E-state index in [-0.39, 0.29) is 5.92 Å². The first-order valence-corrected chi connectivity index (χ1v) is 10.6. The van der Waals surface area contributed by atoms with Crippen LogP contribution in [0.4, 0.5) is 0 Å². The molecule has 0 N–H and O–H groups in total. The number of rotatable bonds is 8. The highest BCUT2D eigenvalue weighted by Crippen LogP contribution is 2.30. The third-order valence-corrected chi connectivity index (χ3v) is 5.21. The van der Waals surface area contributed by atoms with Gasteiger partial charge in [-0.3, -0.25) is 9.88 Å². The fourth-order valence-electron chi connectivity index (χ4n) is 3.68. The fraction of sp³-hybridized carbons (Fsp3) is 0.160. The largest absolute Gasteiger partial charge is 0.338 e. The molecule has 0 aliphatic heterocycles. The minimum Gasteiger partial charge on any atom is -0.338 e. The van der Waals surface area contributed by atoms with Gasteiger partial charge in [0.05, 0.1) is 19.0 Å². The summed E-state index contributed by atoms with van der Waals surface area (Å²) in [6.07, 6.45) is 3.41. The zero-order valence-corrected chi connectivity index (χ0v) is 18.1. The molecule has 0 spiro atoms. The Bertz CT molecular complexity index is 1250. The van der Waals surface area contributed by atoms with Crippen molar-refractivity contribution >= 4 is 0 Å². The molecule has 0 aliphatic rings. The second kappa shape index (κ2) is 9.54. The van der Waals surface area contributed by atoms with Crippen molar-refractivity contribution in [2.45, 2.75) is 19.0 Å². The minimum atomic E-state index is -0.104. The number of nitrogens with zero attached hydrogens (tertiary/aromatic N) is 6. The van der Waals surface area contributed by atoms with Crippen molar-refractivity contribution in [3.63, 3.8) is 0 Å². The van der Waals surface area contributed by atoms with E-state index < -0.39 is 0 Å². The second-order valence-corrected chi connectivity index (χ2v) is 7.73. The van der Waals surface area contributed by atoms with Crippen molar-refractivity contribution in [1.82, 2.24) is 30.2 Å². The summed E-state index contributed by atoms with van der Waals surface area (Å²) in [6.45, 7) is 0.902. The molecule has 0 fully saturated rings. The van der Waals surface area contributed by atoms with Crippen molar-refractivity contribution in [1.29, 1.82) is 0 Å². The molecule has 8 heteroatoms. The van der Waals surface area contributed by atoms with Crippen molar-refractivity contribution in [3.05, 3.63) is 114 Å². The van der Waals surface area contributed by atoms with Gasteiger partial charge >= 0.3 is 0 Å². The summed E-state index contributed by atoms with van der Waals surface area (Å²) in [6, 6.07) is 24.1. The zero-order chi connectivity index (χ0) is 22.5. The van der Waals surface area contributed by atoms with E-state index >= 15 is 0 Å². The van der Waals surface area contributed by atoms with Gasteiger partial charge in [-0.2, -0.15) is 9.97 Å². The highest BCUT2D eigenvalue weighted by molar-refractivity contribution is 5.51. The summed E-state index contributed by atoms with van der Waals surface area (Å²) in [4.78, 5) is 15.2. The minimum absolute atomic E-state index is 0.104. The number of benzene rings is 2. The second-order valence-electron chi connectivity index (χ2n) is 7.73. The highest BCUT2D eigenvalue weighted by Gasteiger charge is 2.23. The molecule has 3 heterocycles. The van der Waals surface area contributed by atoms with Crippen LogP contribution in [0.25, 0.3) is 11.4 Å². The van der Waals surface area contributed by atoms with Crippen LogP contribution in [0.1, 0.15) is 34.7 Å². The van der Waals surface area contributed by atoms with E-state index in [1.165, 1.54) is 0 Å². The van der Waals surface area contributed by atoms with Crippen LogP contribution in [0.2, 0.25) is 0 Å². The maximum atomic E-state index is 5.59. The maximum absolute atomic E-state index is 5.59. The normalized spacial score (nSPS) is 11.4. The van der Waals surface area contributed by atoms with Crippen LogP contribution in [0.15, 0.2) is 94.2 Å². The lowest BCUT2D eigenvalue weighted by molar-refractivity contribution is 0.229. The average Bonchev–Trinajstić information content (AvgIpc) is 3.51. The lowest BCUT2D eigenvalue weighted by Gasteiger charge is -2.14. The molecule has 0 saturated carbocycles. The van der Waals surface area contributed by atoms with Crippen molar-refractivity contribution < 1.29 is 9.05 Å². The first-order chi connectivity index (χ1) is 16.3. The molecule has 3 aromatic heterocycles. The average molecular weight is 438 g/mol. The Hall–Kier alpha value is -4.17. The Morgan fingerprint density at radius 1 is 0.758 bits per heavy atom. The molecule has 33 heavy (non-hydrogen) atoms. The summed E-state index contributed by atoms with van der Waals surface area (Å²) in [5.74, 6) is 2.07. The Morgan fingerprint density at radius 2 is 1.39 bits per heavy atom. The summed E-state index contributed by atoms with van der Waals surface area (Å²) < 4.78 is 11.0. The Labute approximate surface area is 190 Å². The van der Waals surface area contributed by atoms with E-state index in [0.717, 1.165) is 16.7 Å². The monoisotopic (exact) mass is 438 g/mol. The molecule has 0 radical (unpaired) electrons. The van der Waals surface area contributed by atoms with E-state index in [2.05, 4.69) is 44.5 Å². The van der Waals surface area contributed by atoms with E-state index in [0.29, 0.717) is 36.5 Å². The molecular weight excluding hydrogens is 416 g/mol. The third-order valence-electron chi connectivity index (χ3n) is 5.21. The van der Waals surface area contributed by atoms with Gasteiger partial charge in [0.15, 0.2) is 5.82 Å². The molecule has 0 atom stereocenters. The van der Waals surface area contributed by atoms with Crippen molar-refractivity contribution in [2.75, 3.05) is 7.05 Å². The van der Waals surface area contributed by atoms with Gasteiger partial charge in [-0.25, -0.2) is 0 Å². The summed E-state index contributed by atoms with van der Waals surface area (Å²) in [5.41, 5.74) is 3.03. The molecule has 164 valence electrons. The third kappa shape index (κ3) is 4.86. The molecule has 0 aliphatic carbocycles. The lowest BCUT2D eigenvalue weighted by Crippen LogP contribution is -2.17. The molecule has 5 rings (SSSR count). The van der Waals surface area contributed by atoms with E-state index in [4.69, 9.17) is 14.0 Å². The number of aromatic nitrogens is 5.